The normalized spacial score (nSPS) is 19.0. The lowest BCUT2D eigenvalue weighted by Gasteiger charge is -2.33. The summed E-state index contributed by atoms with van der Waals surface area (Å²) in [6, 6.07) is 3.72. The number of hydroxylamine groups is 1. The average Bonchev–Trinajstić information content (AvgIpc) is 3.67. The molecule has 202 valence electrons. The summed E-state index contributed by atoms with van der Waals surface area (Å²) in [6.07, 6.45) is -1.66. The number of likely N-dealkylation sites (tertiary alicyclic amines) is 1. The van der Waals surface area contributed by atoms with Crippen LogP contribution in [0.4, 0.5) is 22.0 Å². The number of alkyl halides is 3. The van der Waals surface area contributed by atoms with Crippen molar-refractivity contribution in [1.29, 1.82) is 0 Å². The first-order chi connectivity index (χ1) is 17.3. The number of nitrogens with zero attached hydrogens (tertiary/aromatic N) is 1. The summed E-state index contributed by atoms with van der Waals surface area (Å²) >= 11 is 5.63. The quantitative estimate of drug-likeness (QED) is 0.398. The van der Waals surface area contributed by atoms with Crippen molar-refractivity contribution in [3.05, 3.63) is 68.4 Å². The summed E-state index contributed by atoms with van der Waals surface area (Å²) in [4.78, 5) is 14.3. The number of hydrogen-bond acceptors (Lipinski definition) is 5. The van der Waals surface area contributed by atoms with Crippen molar-refractivity contribution in [3.63, 3.8) is 0 Å². The zero-order valence-corrected chi connectivity index (χ0v) is 21.2. The molecule has 2 fully saturated rings. The average molecular weight is 567 g/mol. The van der Waals surface area contributed by atoms with E-state index in [0.29, 0.717) is 50.2 Å². The van der Waals surface area contributed by atoms with Gasteiger partial charge in [0.15, 0.2) is 11.6 Å². The van der Waals surface area contributed by atoms with Gasteiger partial charge in [-0.3, -0.25) is 4.90 Å². The fourth-order valence-corrected chi connectivity index (χ4v) is 4.96. The molecule has 0 aromatic heterocycles. The molecule has 1 aliphatic heterocycles. The van der Waals surface area contributed by atoms with Gasteiger partial charge in [0.05, 0.1) is 16.8 Å². The molecular weight excluding hydrogens is 543 g/mol. The molecular formula is C24H24ClF5N2O4S. The molecule has 1 amide bonds. The third kappa shape index (κ3) is 6.48. The van der Waals surface area contributed by atoms with Crippen LogP contribution in [0.3, 0.4) is 0 Å². The van der Waals surface area contributed by atoms with E-state index in [1.165, 1.54) is 12.1 Å². The Labute approximate surface area is 217 Å². The fourth-order valence-electron chi connectivity index (χ4n) is 4.38. The maximum atomic E-state index is 14.8. The Kier molecular flexibility index (Phi) is 8.25. The molecule has 1 aliphatic carbocycles. The van der Waals surface area contributed by atoms with E-state index in [-0.39, 0.29) is 11.5 Å². The fraction of sp³-hybridized carbons (Fsp3) is 0.458. The van der Waals surface area contributed by atoms with Crippen LogP contribution in [0.2, 0.25) is 5.02 Å². The van der Waals surface area contributed by atoms with Gasteiger partial charge >= 0.3 is 12.1 Å². The van der Waals surface area contributed by atoms with E-state index < -0.39 is 61.6 Å². The monoisotopic (exact) mass is 566 g/mol. The van der Waals surface area contributed by atoms with Crippen LogP contribution >= 0.6 is 11.6 Å². The molecule has 1 heterocycles. The van der Waals surface area contributed by atoms with Crippen LogP contribution in [0.1, 0.15) is 58.6 Å². The van der Waals surface area contributed by atoms with E-state index in [0.717, 1.165) is 24.7 Å². The molecule has 1 saturated carbocycles. The van der Waals surface area contributed by atoms with E-state index in [9.17, 15) is 36.2 Å². The first-order valence-electron chi connectivity index (χ1n) is 11.5. The molecule has 2 aliphatic rings. The molecule has 0 radical (unpaired) electrons. The maximum Gasteiger partial charge on any atom is 0.416 e. The molecule has 1 saturated heterocycles. The Morgan fingerprint density at radius 1 is 1.16 bits per heavy atom. The second kappa shape index (κ2) is 10.9. The minimum absolute atomic E-state index is 0.138. The molecule has 6 nitrogen and oxygen atoms in total. The zero-order chi connectivity index (χ0) is 27.1. The number of benzene rings is 2. The molecule has 13 heteroatoms. The topological polar surface area (TPSA) is 74.1 Å². The molecule has 4 rings (SSSR count). The molecule has 2 atom stereocenters. The van der Waals surface area contributed by atoms with Crippen molar-refractivity contribution in [2.75, 3.05) is 19.3 Å². The van der Waals surface area contributed by atoms with Gasteiger partial charge in [0.1, 0.15) is 17.5 Å². The van der Waals surface area contributed by atoms with Gasteiger partial charge in [-0.25, -0.2) is 18.0 Å². The van der Waals surface area contributed by atoms with Crippen molar-refractivity contribution in [2.24, 2.45) is 0 Å². The lowest BCUT2D eigenvalue weighted by Crippen LogP contribution is -3.09. The number of carbonyl (C=O) groups excluding carboxylic acids is 1. The first kappa shape index (κ1) is 27.9. The summed E-state index contributed by atoms with van der Waals surface area (Å²) in [7, 11) is -2.05. The highest BCUT2D eigenvalue weighted by molar-refractivity contribution is 7.78. The summed E-state index contributed by atoms with van der Waals surface area (Å²) in [6.45, 7) is 1.26. The summed E-state index contributed by atoms with van der Waals surface area (Å²) in [5.74, 6) is -3.45. The van der Waals surface area contributed by atoms with Crippen LogP contribution in [0, 0.1) is 16.8 Å². The minimum atomic E-state index is -4.70. The predicted octanol–water partition coefficient (Wildman–Crippen LogP) is 4.37. The van der Waals surface area contributed by atoms with Gasteiger partial charge < -0.3 is 9.94 Å². The Bertz CT molecular complexity index is 1220. The third-order valence-electron chi connectivity index (χ3n) is 6.48. The van der Waals surface area contributed by atoms with Gasteiger partial charge in [-0.1, -0.05) is 11.6 Å². The van der Waals surface area contributed by atoms with E-state index in [1.54, 1.807) is 0 Å². The number of quaternary nitrogens is 1. The number of ether oxygens (including phenoxy) is 1. The number of carbonyl (C=O) groups is 1. The van der Waals surface area contributed by atoms with Crippen molar-refractivity contribution < 1.29 is 40.2 Å². The molecule has 2 aromatic rings. The highest BCUT2D eigenvalue weighted by atomic mass is 35.5. The summed E-state index contributed by atoms with van der Waals surface area (Å²) < 4.78 is 84.1. The Morgan fingerprint density at radius 2 is 1.81 bits per heavy atom. The maximum absolute atomic E-state index is 14.8. The van der Waals surface area contributed by atoms with Gasteiger partial charge in [0, 0.05) is 19.6 Å². The summed E-state index contributed by atoms with van der Waals surface area (Å²) in [5.41, 5.74) is -0.0651. The van der Waals surface area contributed by atoms with E-state index in [1.807, 2.05) is 4.90 Å². The molecule has 0 bridgehead atoms. The van der Waals surface area contributed by atoms with Gasteiger partial charge in [0.2, 0.25) is 11.0 Å². The van der Waals surface area contributed by atoms with Crippen LogP contribution in [0.15, 0.2) is 24.3 Å². The lowest BCUT2D eigenvalue weighted by molar-refractivity contribution is -0.600. The second-order valence-electron chi connectivity index (χ2n) is 9.24. The van der Waals surface area contributed by atoms with Crippen LogP contribution in [-0.2, 0) is 23.7 Å². The molecule has 0 spiro atoms. The van der Waals surface area contributed by atoms with Crippen LogP contribution < -0.4 is 9.21 Å². The summed E-state index contributed by atoms with van der Waals surface area (Å²) in [5, 5.41) is 11.2. The SMILES string of the molecule is CS(=O)[NH+]([O-])C(=O)c1cc(C2CC2)c(CN2CCC(Oc3cc(C(F)(F)F)cc(Cl)c3F)CC2)cc1F. The third-order valence-corrected chi connectivity index (χ3v) is 7.46. The predicted molar refractivity (Wildman–Crippen MR) is 126 cm³/mol. The second-order valence-corrected chi connectivity index (χ2v) is 10.9. The van der Waals surface area contributed by atoms with Gasteiger partial charge in [0.25, 0.3) is 0 Å². The zero-order valence-electron chi connectivity index (χ0n) is 19.7. The largest absolute Gasteiger partial charge is 0.612 e. The van der Waals surface area contributed by atoms with Crippen molar-refractivity contribution >= 4 is 28.5 Å². The number of rotatable bonds is 7. The Hall–Kier alpha value is -2.12. The number of piperidine rings is 1. The number of hydrogen-bond donors (Lipinski definition) is 1. The smallest absolute Gasteiger partial charge is 0.416 e. The van der Waals surface area contributed by atoms with Gasteiger partial charge in [-0.2, -0.15) is 17.4 Å². The minimum Gasteiger partial charge on any atom is -0.612 e. The lowest BCUT2D eigenvalue weighted by atomic mass is 9.97. The molecule has 2 aromatic carbocycles. The molecule has 1 N–H and O–H groups in total. The van der Waals surface area contributed by atoms with Crippen LogP contribution in [0.25, 0.3) is 0 Å². The Morgan fingerprint density at radius 3 is 2.38 bits per heavy atom. The highest BCUT2D eigenvalue weighted by Crippen LogP contribution is 2.43. The standard InChI is InChI=1S/C24H24ClF5N2O4S/c1-37(35)32(34)23(33)18-11-17(13-2-3-13)14(8-20(18)26)12-31-6-4-16(5-7-31)36-21-10-15(24(28,29)30)9-19(25)22(21)27/h8-11,13,16,32H,2-7,12H2,1H3. The van der Waals surface area contributed by atoms with Crippen molar-refractivity contribution in [1.82, 2.24) is 4.90 Å². The van der Waals surface area contributed by atoms with Crippen LogP contribution in [-0.4, -0.2) is 40.5 Å². The van der Waals surface area contributed by atoms with Crippen molar-refractivity contribution in [3.8, 4) is 5.75 Å². The highest BCUT2D eigenvalue weighted by Gasteiger charge is 2.34. The van der Waals surface area contributed by atoms with Gasteiger partial charge in [-0.05, 0) is 67.0 Å². The number of halogens is 6. The van der Waals surface area contributed by atoms with E-state index in [2.05, 4.69) is 0 Å². The number of amides is 1. The van der Waals surface area contributed by atoms with Gasteiger partial charge in [-0.15, -0.1) is 0 Å². The molecule has 37 heavy (non-hydrogen) atoms. The number of nitrogens with one attached hydrogen (secondary N) is 1. The van der Waals surface area contributed by atoms with Crippen LogP contribution in [0.5, 0.6) is 5.75 Å². The first-order valence-corrected chi connectivity index (χ1v) is 13.5. The van der Waals surface area contributed by atoms with Crippen molar-refractivity contribution in [2.45, 2.75) is 50.4 Å². The molecule has 2 unspecified atom stereocenters. The van der Waals surface area contributed by atoms with E-state index in [4.69, 9.17) is 16.3 Å². The Balaban J connectivity index is 1.44. The van der Waals surface area contributed by atoms with E-state index >= 15 is 0 Å².